The maximum Gasteiger partial charge on any atom is 0.233 e. The third kappa shape index (κ3) is 8.67. The molecule has 7 saturated carbocycles. The first-order valence-corrected chi connectivity index (χ1v) is 26.7. The van der Waals surface area contributed by atoms with Crippen molar-refractivity contribution in [1.82, 2.24) is 9.80 Å². The van der Waals surface area contributed by atoms with E-state index >= 15 is 0 Å². The zero-order valence-corrected chi connectivity index (χ0v) is 40.1. The van der Waals surface area contributed by atoms with Gasteiger partial charge < -0.3 is 9.47 Å². The third-order valence-electron chi connectivity index (χ3n) is 20.6. The molecule has 0 bridgehead atoms. The largest absolute Gasteiger partial charge is 0.375 e. The summed E-state index contributed by atoms with van der Waals surface area (Å²) in [5.74, 6) is 5.58. The van der Waals surface area contributed by atoms with Gasteiger partial charge in [-0.25, -0.2) is 0 Å². The quantitative estimate of drug-likeness (QED) is 0.214. The van der Waals surface area contributed by atoms with E-state index in [0.717, 1.165) is 107 Å². The highest BCUT2D eigenvalue weighted by Crippen LogP contribution is 2.52. The highest BCUT2D eigenvalue weighted by molar-refractivity contribution is 6.06. The molecule has 62 heavy (non-hydrogen) atoms. The molecule has 0 aromatic carbocycles. The highest BCUT2D eigenvalue weighted by atomic mass is 16.5. The molecule has 348 valence electrons. The summed E-state index contributed by atoms with van der Waals surface area (Å²) in [6, 6.07) is 0.154. The van der Waals surface area contributed by atoms with Crippen molar-refractivity contribution < 1.29 is 28.7 Å². The maximum atomic E-state index is 14.1. The van der Waals surface area contributed by atoms with Crippen LogP contribution in [0.4, 0.5) is 0 Å². The van der Waals surface area contributed by atoms with Crippen LogP contribution >= 0.6 is 0 Å². The molecule has 9 aliphatic rings. The second kappa shape index (κ2) is 18.5. The zero-order chi connectivity index (χ0) is 43.6. The van der Waals surface area contributed by atoms with Crippen molar-refractivity contribution in [2.24, 2.45) is 82.3 Å². The molecule has 0 N–H and O–H groups in total. The Morgan fingerprint density at radius 1 is 0.403 bits per heavy atom. The number of fused-ring (bicyclic) bond motifs is 2. The van der Waals surface area contributed by atoms with E-state index in [0.29, 0.717) is 36.0 Å². The van der Waals surface area contributed by atoms with Crippen molar-refractivity contribution in [3.8, 4) is 0 Å². The number of likely N-dealkylation sites (tertiary alicyclic amines) is 2. The highest BCUT2D eigenvalue weighted by Gasteiger charge is 2.56. The summed E-state index contributed by atoms with van der Waals surface area (Å²) in [5.41, 5.74) is 0.267. The van der Waals surface area contributed by atoms with Crippen LogP contribution in [0, 0.1) is 82.3 Å². The average molecular weight is 859 g/mol. The molecular weight excluding hydrogens is 773 g/mol. The molecule has 0 aromatic rings. The van der Waals surface area contributed by atoms with Gasteiger partial charge >= 0.3 is 0 Å². The van der Waals surface area contributed by atoms with E-state index in [9.17, 15) is 19.2 Å². The molecule has 9 rings (SSSR count). The van der Waals surface area contributed by atoms with E-state index in [1.807, 2.05) is 0 Å². The summed E-state index contributed by atoms with van der Waals surface area (Å²) in [4.78, 5) is 58.9. The van der Waals surface area contributed by atoms with Crippen molar-refractivity contribution in [3.63, 3.8) is 0 Å². The lowest BCUT2D eigenvalue weighted by Crippen LogP contribution is -2.49. The number of nitrogens with zero attached hydrogens (tertiary/aromatic N) is 2. The average Bonchev–Trinajstić information content (AvgIpc) is 3.64. The third-order valence-corrected chi connectivity index (χ3v) is 20.6. The molecule has 7 aliphatic carbocycles. The monoisotopic (exact) mass is 859 g/mol. The predicted molar refractivity (Wildman–Crippen MR) is 242 cm³/mol. The second-order valence-electron chi connectivity index (χ2n) is 24.5. The van der Waals surface area contributed by atoms with Gasteiger partial charge in [0, 0.05) is 12.1 Å². The smallest absolute Gasteiger partial charge is 0.233 e. The fourth-order valence-corrected chi connectivity index (χ4v) is 16.4. The molecule has 8 nitrogen and oxygen atoms in total. The fraction of sp³-hybridized carbons (Fsp3) is 0.926. The van der Waals surface area contributed by atoms with Gasteiger partial charge in [0.05, 0.1) is 48.1 Å². The molecular formula is C54H86N2O6. The number of amides is 4. The Hall–Kier alpha value is -1.80. The van der Waals surface area contributed by atoms with Gasteiger partial charge in [-0.2, -0.15) is 0 Å². The van der Waals surface area contributed by atoms with Crippen molar-refractivity contribution >= 4 is 23.6 Å². The van der Waals surface area contributed by atoms with Crippen molar-refractivity contribution in [3.05, 3.63) is 0 Å². The number of carbonyl (C=O) groups is 4. The van der Waals surface area contributed by atoms with Crippen molar-refractivity contribution in [2.45, 2.75) is 233 Å². The molecule has 4 amide bonds. The normalized spacial score (nSPS) is 47.1. The molecule has 2 aliphatic heterocycles. The SMILES string of the molecule is CC1CCC(C2CCC(N3C(=O)C4CCC(OC5CCC(C(C)(C)C6CCC(OC7CCC8C(=O)N(C9C(C)CCCC9C)C(=O)C8C7)CC6)CC5)CC4C3=O)C(C)C2)CC1C. The van der Waals surface area contributed by atoms with E-state index in [4.69, 9.17) is 9.47 Å². The van der Waals surface area contributed by atoms with Crippen LogP contribution in [0.15, 0.2) is 0 Å². The summed E-state index contributed by atoms with van der Waals surface area (Å²) < 4.78 is 13.7. The Morgan fingerprint density at radius 3 is 1.34 bits per heavy atom. The van der Waals surface area contributed by atoms with Crippen LogP contribution < -0.4 is 0 Å². The summed E-state index contributed by atoms with van der Waals surface area (Å²) in [6.45, 7) is 16.7. The number of hydrogen-bond donors (Lipinski definition) is 0. The van der Waals surface area contributed by atoms with Crippen LogP contribution in [0.25, 0.3) is 0 Å². The summed E-state index contributed by atoms with van der Waals surface area (Å²) in [5, 5.41) is 0. The standard InChI is InChI=1S/C54H86N2O6/c1-31-11-12-36(27-34(31)4)37-13-26-48(35(5)28-37)55-50(57)44-24-22-42(29-46(44)52(55)59)61-40-18-14-38(15-19-40)54(6,7)39-16-20-41(21-17-39)62-43-23-25-45-47(30-43)53(60)56(51(45)58)49-32(2)9-8-10-33(49)3/h31-49H,8-30H2,1-7H3. The Morgan fingerprint density at radius 2 is 0.839 bits per heavy atom. The van der Waals surface area contributed by atoms with E-state index in [-0.39, 0.29) is 89.2 Å². The first kappa shape index (κ1) is 45.4. The first-order chi connectivity index (χ1) is 29.7. The lowest BCUT2D eigenvalue weighted by atomic mass is 9.60. The Balaban J connectivity index is 0.703. The Kier molecular flexibility index (Phi) is 13.5. The van der Waals surface area contributed by atoms with Gasteiger partial charge in [0.1, 0.15) is 0 Å². The van der Waals surface area contributed by atoms with E-state index in [2.05, 4.69) is 48.5 Å². The molecule has 2 heterocycles. The van der Waals surface area contributed by atoms with Gasteiger partial charge in [-0.15, -0.1) is 0 Å². The number of hydrogen-bond acceptors (Lipinski definition) is 6. The lowest BCUT2D eigenvalue weighted by molar-refractivity contribution is -0.147. The van der Waals surface area contributed by atoms with Gasteiger partial charge in [0.25, 0.3) is 0 Å². The molecule has 9 fully saturated rings. The Bertz CT molecular complexity index is 1620. The topological polar surface area (TPSA) is 93.2 Å². The van der Waals surface area contributed by atoms with Gasteiger partial charge in [-0.05, 0) is 194 Å². The van der Waals surface area contributed by atoms with Crippen LogP contribution in [-0.4, -0.2) is 69.9 Å². The predicted octanol–water partition coefficient (Wildman–Crippen LogP) is 11.2. The van der Waals surface area contributed by atoms with Crippen LogP contribution in [0.2, 0.25) is 0 Å². The molecule has 2 saturated heterocycles. The number of ether oxygens (including phenoxy) is 2. The lowest BCUT2D eigenvalue weighted by Gasteiger charge is -2.47. The number of rotatable bonds is 9. The number of carbonyl (C=O) groups excluding carboxylic acids is 4. The minimum Gasteiger partial charge on any atom is -0.375 e. The molecule has 8 heteroatoms. The van der Waals surface area contributed by atoms with Gasteiger partial charge in [-0.3, -0.25) is 29.0 Å². The van der Waals surface area contributed by atoms with Crippen LogP contribution in [0.5, 0.6) is 0 Å². The van der Waals surface area contributed by atoms with Crippen LogP contribution in [0.1, 0.15) is 196 Å². The minimum absolute atomic E-state index is 0.0705. The van der Waals surface area contributed by atoms with Crippen LogP contribution in [-0.2, 0) is 28.7 Å². The van der Waals surface area contributed by atoms with Crippen molar-refractivity contribution in [2.75, 3.05) is 0 Å². The zero-order valence-electron chi connectivity index (χ0n) is 40.1. The maximum absolute atomic E-state index is 14.1. The summed E-state index contributed by atoms with van der Waals surface area (Å²) >= 11 is 0. The van der Waals surface area contributed by atoms with Crippen molar-refractivity contribution in [1.29, 1.82) is 0 Å². The van der Waals surface area contributed by atoms with Gasteiger partial charge in [0.15, 0.2) is 0 Å². The van der Waals surface area contributed by atoms with Gasteiger partial charge in [0.2, 0.25) is 23.6 Å². The molecule has 0 radical (unpaired) electrons. The van der Waals surface area contributed by atoms with E-state index < -0.39 is 0 Å². The summed E-state index contributed by atoms with van der Waals surface area (Å²) in [6.07, 6.45) is 25.5. The first-order valence-electron chi connectivity index (χ1n) is 26.7. The fourth-order valence-electron chi connectivity index (χ4n) is 16.4. The molecule has 14 atom stereocenters. The van der Waals surface area contributed by atoms with E-state index in [1.54, 1.807) is 9.80 Å². The Labute approximate surface area is 375 Å². The summed E-state index contributed by atoms with van der Waals surface area (Å²) in [7, 11) is 0. The van der Waals surface area contributed by atoms with Crippen LogP contribution in [0.3, 0.4) is 0 Å². The second-order valence-corrected chi connectivity index (χ2v) is 24.5. The van der Waals surface area contributed by atoms with E-state index in [1.165, 1.54) is 57.8 Å². The number of imide groups is 2. The molecule has 0 spiro atoms. The molecule has 14 unspecified atom stereocenters. The minimum atomic E-state index is -0.186. The molecule has 0 aromatic heterocycles. The van der Waals surface area contributed by atoms with Gasteiger partial charge in [-0.1, -0.05) is 61.3 Å².